The third-order valence-corrected chi connectivity index (χ3v) is 3.52. The number of nitrogens with zero attached hydrogens (tertiary/aromatic N) is 2. The lowest BCUT2D eigenvalue weighted by atomic mass is 9.98. The van der Waals surface area contributed by atoms with Gasteiger partial charge in [-0.1, -0.05) is 6.92 Å². The van der Waals surface area contributed by atoms with Gasteiger partial charge in [0.15, 0.2) is 0 Å². The maximum absolute atomic E-state index is 12.1. The second kappa shape index (κ2) is 6.00. The normalized spacial score (nSPS) is 20.2. The highest BCUT2D eigenvalue weighted by Gasteiger charge is 2.27. The van der Waals surface area contributed by atoms with Crippen molar-refractivity contribution in [1.82, 2.24) is 14.9 Å². The minimum absolute atomic E-state index is 0.0328. The van der Waals surface area contributed by atoms with Crippen molar-refractivity contribution in [3.05, 3.63) is 18.2 Å². The quantitative estimate of drug-likeness (QED) is 0.821. The molecule has 100 valence electrons. The van der Waals surface area contributed by atoms with Gasteiger partial charge in [0, 0.05) is 25.5 Å². The van der Waals surface area contributed by atoms with Crippen molar-refractivity contribution in [2.75, 3.05) is 6.54 Å². The molecule has 0 radical (unpaired) electrons. The average Bonchev–Trinajstić information content (AvgIpc) is 2.86. The molecule has 1 aliphatic heterocycles. The molecule has 0 aliphatic carbocycles. The van der Waals surface area contributed by atoms with Gasteiger partial charge in [0.1, 0.15) is 5.82 Å². The van der Waals surface area contributed by atoms with Crippen molar-refractivity contribution in [1.29, 1.82) is 0 Å². The number of fused-ring (bicyclic) bond motifs is 1. The topological polar surface area (TPSA) is 67.2 Å². The number of carbonyl (C=O) groups is 1. The van der Waals surface area contributed by atoms with Crippen molar-refractivity contribution in [2.45, 2.75) is 51.2 Å². The first-order valence-corrected chi connectivity index (χ1v) is 6.69. The zero-order valence-electron chi connectivity index (χ0n) is 10.8. The maximum atomic E-state index is 12.1. The van der Waals surface area contributed by atoms with Crippen molar-refractivity contribution < 1.29 is 9.90 Å². The molecule has 0 saturated carbocycles. The molecule has 2 unspecified atom stereocenters. The van der Waals surface area contributed by atoms with Gasteiger partial charge in [-0.2, -0.15) is 0 Å². The predicted molar refractivity (Wildman–Crippen MR) is 68.1 cm³/mol. The molecule has 0 saturated heterocycles. The van der Waals surface area contributed by atoms with Crippen LogP contribution in [0.2, 0.25) is 0 Å². The lowest BCUT2D eigenvalue weighted by molar-refractivity contribution is -0.123. The van der Waals surface area contributed by atoms with E-state index in [-0.39, 0.29) is 17.9 Å². The number of aliphatic hydroxyl groups is 1. The second-order valence-corrected chi connectivity index (χ2v) is 4.82. The monoisotopic (exact) mass is 251 g/mol. The van der Waals surface area contributed by atoms with E-state index in [9.17, 15) is 9.90 Å². The maximum Gasteiger partial charge on any atom is 0.230 e. The molecule has 0 spiro atoms. The van der Waals surface area contributed by atoms with E-state index < -0.39 is 0 Å². The molecule has 1 aromatic rings. The first-order valence-electron chi connectivity index (χ1n) is 6.69. The number of aryl methyl sites for hydroxylation is 1. The molecule has 2 N–H and O–H groups in total. The minimum Gasteiger partial charge on any atom is -0.393 e. The van der Waals surface area contributed by atoms with E-state index in [1.807, 2.05) is 13.1 Å². The van der Waals surface area contributed by atoms with Crippen LogP contribution in [-0.2, 0) is 11.3 Å². The van der Waals surface area contributed by atoms with Crippen molar-refractivity contribution in [3.8, 4) is 0 Å². The molecule has 0 aromatic carbocycles. The summed E-state index contributed by atoms with van der Waals surface area (Å²) in [6.45, 7) is 3.42. The molecule has 1 aromatic heterocycles. The van der Waals surface area contributed by atoms with E-state index in [1.54, 1.807) is 6.20 Å². The van der Waals surface area contributed by atoms with Crippen LogP contribution >= 0.6 is 0 Å². The highest BCUT2D eigenvalue weighted by Crippen LogP contribution is 2.25. The number of nitrogens with one attached hydrogen (secondary N) is 1. The van der Waals surface area contributed by atoms with Gasteiger partial charge in [0.05, 0.1) is 12.0 Å². The van der Waals surface area contributed by atoms with Crippen LogP contribution in [-0.4, -0.2) is 33.2 Å². The molecular formula is C13H21N3O2. The summed E-state index contributed by atoms with van der Waals surface area (Å²) in [5, 5.41) is 12.3. The SMILES string of the molecule is CCC(O)CCNC(=O)C1CCCn2ccnc21. The Balaban J connectivity index is 1.87. The number of hydrogen-bond donors (Lipinski definition) is 2. The van der Waals surface area contributed by atoms with Gasteiger partial charge < -0.3 is 15.0 Å². The molecule has 0 fully saturated rings. The lowest BCUT2D eigenvalue weighted by Crippen LogP contribution is -2.34. The lowest BCUT2D eigenvalue weighted by Gasteiger charge is -2.22. The van der Waals surface area contributed by atoms with E-state index in [0.29, 0.717) is 13.0 Å². The zero-order valence-corrected chi connectivity index (χ0v) is 10.8. The summed E-state index contributed by atoms with van der Waals surface area (Å²) in [6.07, 6.45) is 6.57. The number of imidazole rings is 1. The van der Waals surface area contributed by atoms with Gasteiger partial charge in [0.2, 0.25) is 5.91 Å². The highest BCUT2D eigenvalue weighted by atomic mass is 16.3. The van der Waals surface area contributed by atoms with Crippen molar-refractivity contribution in [3.63, 3.8) is 0 Å². The number of aliphatic hydroxyl groups excluding tert-OH is 1. The fourth-order valence-corrected chi connectivity index (χ4v) is 2.35. The van der Waals surface area contributed by atoms with Crippen LogP contribution in [0.5, 0.6) is 0 Å². The second-order valence-electron chi connectivity index (χ2n) is 4.82. The van der Waals surface area contributed by atoms with Crippen LogP contribution in [0.25, 0.3) is 0 Å². The van der Waals surface area contributed by atoms with E-state index >= 15 is 0 Å². The minimum atomic E-state index is -0.321. The molecule has 5 nitrogen and oxygen atoms in total. The van der Waals surface area contributed by atoms with E-state index in [1.165, 1.54) is 0 Å². The fraction of sp³-hybridized carbons (Fsp3) is 0.692. The number of hydrogen-bond acceptors (Lipinski definition) is 3. The first-order chi connectivity index (χ1) is 8.72. The van der Waals surface area contributed by atoms with Crippen LogP contribution < -0.4 is 5.32 Å². The third kappa shape index (κ3) is 2.90. The summed E-state index contributed by atoms with van der Waals surface area (Å²) in [5.41, 5.74) is 0. The Bertz CT molecular complexity index is 403. The Morgan fingerprint density at radius 3 is 3.33 bits per heavy atom. The third-order valence-electron chi connectivity index (χ3n) is 3.52. The van der Waals surface area contributed by atoms with Gasteiger partial charge in [-0.15, -0.1) is 0 Å². The summed E-state index contributed by atoms with van der Waals surface area (Å²) >= 11 is 0. The predicted octanol–water partition coefficient (Wildman–Crippen LogP) is 1.04. The summed E-state index contributed by atoms with van der Waals surface area (Å²) in [4.78, 5) is 16.4. The van der Waals surface area contributed by atoms with Gasteiger partial charge in [0.25, 0.3) is 0 Å². The van der Waals surface area contributed by atoms with Crippen LogP contribution in [0.1, 0.15) is 44.3 Å². The Labute approximate surface area is 107 Å². The standard InChI is InChI=1S/C13H21N3O2/c1-2-10(17)5-6-15-13(18)11-4-3-8-16-9-7-14-12(11)16/h7,9-11,17H,2-6,8H2,1H3,(H,15,18). The summed E-state index contributed by atoms with van der Waals surface area (Å²) in [5.74, 6) is 0.771. The van der Waals surface area contributed by atoms with Gasteiger partial charge in [-0.3, -0.25) is 4.79 Å². The summed E-state index contributed by atoms with van der Waals surface area (Å²) < 4.78 is 2.05. The largest absolute Gasteiger partial charge is 0.393 e. The van der Waals surface area contributed by atoms with Gasteiger partial charge >= 0.3 is 0 Å². The van der Waals surface area contributed by atoms with E-state index in [4.69, 9.17) is 0 Å². The zero-order chi connectivity index (χ0) is 13.0. The number of aromatic nitrogens is 2. The number of rotatable bonds is 5. The highest BCUT2D eigenvalue weighted by molar-refractivity contribution is 5.82. The van der Waals surface area contributed by atoms with Crippen LogP contribution in [0.15, 0.2) is 12.4 Å². The number of amides is 1. The van der Waals surface area contributed by atoms with E-state index in [0.717, 1.165) is 31.6 Å². The van der Waals surface area contributed by atoms with Crippen LogP contribution in [0.3, 0.4) is 0 Å². The first kappa shape index (κ1) is 13.1. The molecule has 2 atom stereocenters. The Morgan fingerprint density at radius 1 is 1.72 bits per heavy atom. The molecule has 1 aliphatic rings. The Kier molecular flexibility index (Phi) is 4.36. The van der Waals surface area contributed by atoms with Gasteiger partial charge in [-0.05, 0) is 25.7 Å². The molecule has 2 rings (SSSR count). The molecule has 5 heteroatoms. The van der Waals surface area contributed by atoms with Crippen LogP contribution in [0.4, 0.5) is 0 Å². The Hall–Kier alpha value is -1.36. The average molecular weight is 251 g/mol. The molecular weight excluding hydrogens is 230 g/mol. The van der Waals surface area contributed by atoms with Gasteiger partial charge in [-0.25, -0.2) is 4.98 Å². The Morgan fingerprint density at radius 2 is 2.56 bits per heavy atom. The summed E-state index contributed by atoms with van der Waals surface area (Å²) in [7, 11) is 0. The summed E-state index contributed by atoms with van der Waals surface area (Å²) in [6, 6.07) is 0. The molecule has 0 bridgehead atoms. The smallest absolute Gasteiger partial charge is 0.230 e. The van der Waals surface area contributed by atoms with Crippen molar-refractivity contribution in [2.24, 2.45) is 0 Å². The molecule has 1 amide bonds. The van der Waals surface area contributed by atoms with E-state index in [2.05, 4.69) is 14.9 Å². The van der Waals surface area contributed by atoms with Crippen LogP contribution in [0, 0.1) is 0 Å². The fourth-order valence-electron chi connectivity index (χ4n) is 2.35. The van der Waals surface area contributed by atoms with Crippen molar-refractivity contribution >= 4 is 5.91 Å². The molecule has 2 heterocycles. The molecule has 18 heavy (non-hydrogen) atoms. The number of carbonyl (C=O) groups excluding carboxylic acids is 1.